The number of carbonyl (C=O) groups is 1. The van der Waals surface area contributed by atoms with E-state index in [-0.39, 0.29) is 11.9 Å². The Hall–Kier alpha value is -0.610. The number of hydrogen-bond donors (Lipinski definition) is 2. The van der Waals surface area contributed by atoms with Crippen molar-refractivity contribution in [3.63, 3.8) is 0 Å². The van der Waals surface area contributed by atoms with Crippen molar-refractivity contribution < 1.29 is 9.53 Å². The Balaban J connectivity index is 1.62. The molecule has 0 spiro atoms. The lowest BCUT2D eigenvalue weighted by atomic mass is 9.92. The fraction of sp³-hybridized carbons (Fsp3) is 0.962. The molecule has 2 unspecified atom stereocenters. The zero-order valence-corrected chi connectivity index (χ0v) is 19.9. The molecule has 2 aliphatic carbocycles. The molecule has 0 radical (unpaired) electrons. The molecule has 2 fully saturated rings. The van der Waals surface area contributed by atoms with Gasteiger partial charge >= 0.3 is 5.97 Å². The van der Waals surface area contributed by atoms with E-state index in [2.05, 4.69) is 10.6 Å². The van der Waals surface area contributed by atoms with Crippen molar-refractivity contribution in [1.29, 1.82) is 0 Å². The normalized spacial score (nSPS) is 26.4. The minimum Gasteiger partial charge on any atom is -0.469 e. The molecule has 0 amide bonds. The van der Waals surface area contributed by atoms with Crippen molar-refractivity contribution >= 4 is 5.97 Å². The van der Waals surface area contributed by atoms with Crippen LogP contribution >= 0.6 is 0 Å². The highest BCUT2D eigenvalue weighted by atomic mass is 16.5. The smallest absolute Gasteiger partial charge is 0.308 e. The summed E-state index contributed by atoms with van der Waals surface area (Å²) in [5.41, 5.74) is 0. The molecule has 2 atom stereocenters. The van der Waals surface area contributed by atoms with E-state index in [4.69, 9.17) is 4.74 Å². The number of hydrogen-bond acceptors (Lipinski definition) is 4. The molecule has 0 aliphatic heterocycles. The van der Waals surface area contributed by atoms with Gasteiger partial charge in [0, 0.05) is 19.1 Å². The zero-order chi connectivity index (χ0) is 21.3. The Labute approximate surface area is 186 Å². The first kappa shape index (κ1) is 25.6. The van der Waals surface area contributed by atoms with Crippen LogP contribution in [-0.4, -0.2) is 38.8 Å². The molecule has 0 saturated heterocycles. The second-order valence-corrected chi connectivity index (χ2v) is 9.92. The second kappa shape index (κ2) is 17.0. The van der Waals surface area contributed by atoms with Crippen LogP contribution in [0.3, 0.4) is 0 Å². The van der Waals surface area contributed by atoms with E-state index in [1.165, 1.54) is 110 Å². The van der Waals surface area contributed by atoms with Crippen molar-refractivity contribution in [1.82, 2.24) is 10.6 Å². The van der Waals surface area contributed by atoms with E-state index in [1.54, 1.807) is 0 Å². The summed E-state index contributed by atoms with van der Waals surface area (Å²) in [6.07, 6.45) is 23.6. The summed E-state index contributed by atoms with van der Waals surface area (Å²) in [6, 6.07) is 0.608. The molecule has 2 N–H and O–H groups in total. The van der Waals surface area contributed by atoms with E-state index in [9.17, 15) is 4.79 Å². The van der Waals surface area contributed by atoms with E-state index in [1.807, 2.05) is 0 Å². The van der Waals surface area contributed by atoms with Gasteiger partial charge in [0.25, 0.3) is 0 Å². The van der Waals surface area contributed by atoms with Gasteiger partial charge in [-0.3, -0.25) is 4.79 Å². The van der Waals surface area contributed by atoms with Gasteiger partial charge in [0.2, 0.25) is 0 Å². The van der Waals surface area contributed by atoms with Crippen LogP contribution in [0.1, 0.15) is 116 Å². The van der Waals surface area contributed by atoms with E-state index in [0.717, 1.165) is 38.3 Å². The van der Waals surface area contributed by atoms with Gasteiger partial charge in [-0.25, -0.2) is 0 Å². The lowest BCUT2D eigenvalue weighted by Crippen LogP contribution is -2.36. The molecule has 0 aromatic rings. The van der Waals surface area contributed by atoms with Crippen LogP contribution in [-0.2, 0) is 9.53 Å². The van der Waals surface area contributed by atoms with Crippen molar-refractivity contribution in [2.24, 2.45) is 11.8 Å². The predicted molar refractivity (Wildman–Crippen MR) is 127 cm³/mol. The molecule has 4 heteroatoms. The number of nitrogens with one attached hydrogen (secondary N) is 2. The predicted octanol–water partition coefficient (Wildman–Crippen LogP) is 5.99. The maximum atomic E-state index is 12.0. The van der Waals surface area contributed by atoms with Crippen molar-refractivity contribution in [2.75, 3.05) is 26.7 Å². The highest BCUT2D eigenvalue weighted by Gasteiger charge is 2.20. The number of carbonyl (C=O) groups excluding carboxylic acids is 1. The van der Waals surface area contributed by atoms with Crippen LogP contribution in [0, 0.1) is 11.8 Å². The van der Waals surface area contributed by atoms with Crippen molar-refractivity contribution in [3.8, 4) is 0 Å². The van der Waals surface area contributed by atoms with Crippen molar-refractivity contribution in [2.45, 2.75) is 122 Å². The van der Waals surface area contributed by atoms with E-state index in [0.29, 0.717) is 6.04 Å². The molecule has 2 saturated carbocycles. The minimum atomic E-state index is 0.00324. The standard InChI is InChI=1S/C26H50N2O2/c1-30-26(29)24-16-11-7-8-12-18-25(19-13-17-24)28-21-20-27-22-23-14-9-5-3-2-4-6-10-15-23/h23-25,27-28H,2-22H2,1H3. The average molecular weight is 423 g/mol. The molecule has 30 heavy (non-hydrogen) atoms. The Bertz CT molecular complexity index is 419. The number of rotatable bonds is 7. The molecular formula is C26H50N2O2. The summed E-state index contributed by atoms with van der Waals surface area (Å²) in [6.45, 7) is 3.35. The first-order valence-corrected chi connectivity index (χ1v) is 13.3. The summed E-state index contributed by atoms with van der Waals surface area (Å²) >= 11 is 0. The number of methoxy groups -OCH3 is 1. The maximum Gasteiger partial charge on any atom is 0.308 e. The highest BCUT2D eigenvalue weighted by molar-refractivity contribution is 5.72. The maximum absolute atomic E-state index is 12.0. The molecule has 0 heterocycles. The first-order valence-electron chi connectivity index (χ1n) is 13.3. The third kappa shape index (κ3) is 11.7. The Morgan fingerprint density at radius 1 is 0.700 bits per heavy atom. The van der Waals surface area contributed by atoms with Gasteiger partial charge in [0.1, 0.15) is 0 Å². The van der Waals surface area contributed by atoms with Crippen LogP contribution in [0.25, 0.3) is 0 Å². The van der Waals surface area contributed by atoms with Crippen LogP contribution in [0.4, 0.5) is 0 Å². The Kier molecular flexibility index (Phi) is 14.5. The molecule has 4 nitrogen and oxygen atoms in total. The highest BCUT2D eigenvalue weighted by Crippen LogP contribution is 2.23. The minimum absolute atomic E-state index is 0.00324. The summed E-state index contributed by atoms with van der Waals surface area (Å²) < 4.78 is 5.02. The molecule has 176 valence electrons. The summed E-state index contributed by atoms with van der Waals surface area (Å²) in [5.74, 6) is 1.01. The lowest BCUT2D eigenvalue weighted by molar-refractivity contribution is -0.146. The van der Waals surface area contributed by atoms with Gasteiger partial charge in [0.05, 0.1) is 13.0 Å². The van der Waals surface area contributed by atoms with Crippen LogP contribution in [0.15, 0.2) is 0 Å². The molecule has 2 rings (SSSR count). The molecule has 0 aromatic carbocycles. The van der Waals surface area contributed by atoms with Gasteiger partial charge in [-0.05, 0) is 51.0 Å². The van der Waals surface area contributed by atoms with E-state index < -0.39 is 0 Å². The van der Waals surface area contributed by atoms with Crippen LogP contribution < -0.4 is 10.6 Å². The second-order valence-electron chi connectivity index (χ2n) is 9.92. The van der Waals surface area contributed by atoms with E-state index >= 15 is 0 Å². The molecular weight excluding hydrogens is 372 g/mol. The number of ether oxygens (including phenoxy) is 1. The van der Waals surface area contributed by atoms with Crippen LogP contribution in [0.2, 0.25) is 0 Å². The Morgan fingerprint density at radius 3 is 1.90 bits per heavy atom. The molecule has 0 bridgehead atoms. The third-order valence-electron chi connectivity index (χ3n) is 7.39. The third-order valence-corrected chi connectivity index (χ3v) is 7.39. The fourth-order valence-electron chi connectivity index (χ4n) is 5.41. The van der Waals surface area contributed by atoms with Gasteiger partial charge < -0.3 is 15.4 Å². The van der Waals surface area contributed by atoms with Gasteiger partial charge in [0.15, 0.2) is 0 Å². The van der Waals surface area contributed by atoms with Gasteiger partial charge in [-0.2, -0.15) is 0 Å². The summed E-state index contributed by atoms with van der Waals surface area (Å²) in [5, 5.41) is 7.56. The number of esters is 1. The quantitative estimate of drug-likeness (QED) is 0.391. The Morgan fingerprint density at radius 2 is 1.23 bits per heavy atom. The largest absolute Gasteiger partial charge is 0.469 e. The molecule has 2 aliphatic rings. The summed E-state index contributed by atoms with van der Waals surface area (Å²) in [4.78, 5) is 12.0. The summed E-state index contributed by atoms with van der Waals surface area (Å²) in [7, 11) is 1.53. The lowest BCUT2D eigenvalue weighted by Gasteiger charge is -2.21. The SMILES string of the molecule is COC(=O)C1CCCCCCC(NCCNCC2CCCCCCCCC2)CCC1. The first-order chi connectivity index (χ1) is 14.8. The topological polar surface area (TPSA) is 50.4 Å². The molecule has 0 aromatic heterocycles. The van der Waals surface area contributed by atoms with Crippen LogP contribution in [0.5, 0.6) is 0 Å². The fourth-order valence-corrected chi connectivity index (χ4v) is 5.41. The zero-order valence-electron chi connectivity index (χ0n) is 19.9. The van der Waals surface area contributed by atoms with Crippen molar-refractivity contribution in [3.05, 3.63) is 0 Å². The average Bonchev–Trinajstić information content (AvgIpc) is 2.82. The van der Waals surface area contributed by atoms with Gasteiger partial charge in [-0.1, -0.05) is 77.0 Å². The monoisotopic (exact) mass is 422 g/mol. The van der Waals surface area contributed by atoms with Gasteiger partial charge in [-0.15, -0.1) is 0 Å².